The Balaban J connectivity index is 1.90. The van der Waals surface area contributed by atoms with E-state index in [0.717, 1.165) is 5.56 Å². The van der Waals surface area contributed by atoms with Crippen molar-refractivity contribution < 1.29 is 19.2 Å². The predicted octanol–water partition coefficient (Wildman–Crippen LogP) is 4.67. The van der Waals surface area contributed by atoms with Gasteiger partial charge in [0.15, 0.2) is 0 Å². The van der Waals surface area contributed by atoms with Crippen LogP contribution >= 0.6 is 0 Å². The summed E-state index contributed by atoms with van der Waals surface area (Å²) in [6.45, 7) is 0.365. The van der Waals surface area contributed by atoms with Crippen LogP contribution in [0.5, 0.6) is 17.2 Å². The van der Waals surface area contributed by atoms with Crippen molar-refractivity contribution in [3.8, 4) is 17.2 Å². The van der Waals surface area contributed by atoms with Crippen molar-refractivity contribution >= 4 is 11.6 Å². The van der Waals surface area contributed by atoms with Crippen molar-refractivity contribution in [3.05, 3.63) is 94.0 Å². The minimum atomic E-state index is -0.537. The Hall–Kier alpha value is -3.87. The van der Waals surface area contributed by atoms with Gasteiger partial charge in [-0.15, -0.1) is 0 Å². The van der Waals surface area contributed by atoms with Crippen molar-refractivity contribution in [1.82, 2.24) is 4.90 Å². The van der Waals surface area contributed by atoms with Gasteiger partial charge in [-0.1, -0.05) is 30.3 Å². The SMILES string of the molecule is COc1ccc(Oc2ccc([N+](=O)[O-])cc2C(=O)N(C)Cc2ccccc2)cc1. The Kier molecular flexibility index (Phi) is 6.09. The van der Waals surface area contributed by atoms with Crippen LogP contribution in [0.25, 0.3) is 0 Å². The number of hydrogen-bond donors (Lipinski definition) is 0. The Bertz CT molecular complexity index is 1000. The van der Waals surface area contributed by atoms with Gasteiger partial charge in [0.05, 0.1) is 17.6 Å². The summed E-state index contributed by atoms with van der Waals surface area (Å²) in [7, 11) is 3.21. The lowest BCUT2D eigenvalue weighted by Crippen LogP contribution is -2.26. The molecule has 29 heavy (non-hydrogen) atoms. The maximum Gasteiger partial charge on any atom is 0.270 e. The van der Waals surface area contributed by atoms with Crippen LogP contribution in [0.1, 0.15) is 15.9 Å². The molecule has 0 aliphatic carbocycles. The highest BCUT2D eigenvalue weighted by Gasteiger charge is 2.21. The number of benzene rings is 3. The topological polar surface area (TPSA) is 81.9 Å². The average Bonchev–Trinajstić information content (AvgIpc) is 2.74. The molecule has 0 spiro atoms. The normalized spacial score (nSPS) is 10.3. The van der Waals surface area contributed by atoms with Crippen LogP contribution in [-0.4, -0.2) is 29.9 Å². The number of methoxy groups -OCH3 is 1. The van der Waals surface area contributed by atoms with Gasteiger partial charge in [0.25, 0.3) is 11.6 Å². The van der Waals surface area contributed by atoms with Crippen molar-refractivity contribution in [3.63, 3.8) is 0 Å². The number of non-ortho nitro benzene ring substituents is 1. The first-order chi connectivity index (χ1) is 14.0. The third-order valence-electron chi connectivity index (χ3n) is 4.30. The summed E-state index contributed by atoms with van der Waals surface area (Å²) in [5, 5.41) is 11.2. The lowest BCUT2D eigenvalue weighted by molar-refractivity contribution is -0.384. The van der Waals surface area contributed by atoms with Crippen molar-refractivity contribution in [2.45, 2.75) is 6.54 Å². The molecule has 3 aromatic carbocycles. The predicted molar refractivity (Wildman–Crippen MR) is 108 cm³/mol. The van der Waals surface area contributed by atoms with Crippen LogP contribution in [0.15, 0.2) is 72.8 Å². The summed E-state index contributed by atoms with van der Waals surface area (Å²) >= 11 is 0. The molecule has 0 heterocycles. The number of nitro groups is 1. The first-order valence-electron chi connectivity index (χ1n) is 8.87. The van der Waals surface area contributed by atoms with Gasteiger partial charge in [-0.25, -0.2) is 0 Å². The summed E-state index contributed by atoms with van der Waals surface area (Å²) in [4.78, 5) is 25.2. The smallest absolute Gasteiger partial charge is 0.270 e. The van der Waals surface area contributed by atoms with Gasteiger partial charge in [-0.3, -0.25) is 14.9 Å². The molecule has 7 heteroatoms. The monoisotopic (exact) mass is 392 g/mol. The second-order valence-electron chi connectivity index (χ2n) is 6.36. The minimum Gasteiger partial charge on any atom is -0.497 e. The number of nitrogens with zero attached hydrogens (tertiary/aromatic N) is 2. The molecule has 148 valence electrons. The van der Waals surface area contributed by atoms with Gasteiger partial charge < -0.3 is 14.4 Å². The molecule has 0 fully saturated rings. The lowest BCUT2D eigenvalue weighted by Gasteiger charge is -2.19. The fraction of sp³-hybridized carbons (Fsp3) is 0.136. The van der Waals surface area contributed by atoms with Gasteiger partial charge in [0, 0.05) is 25.7 Å². The molecule has 0 N–H and O–H groups in total. The summed E-state index contributed by atoms with van der Waals surface area (Å²) in [5.74, 6) is 1.02. The third kappa shape index (κ3) is 4.90. The van der Waals surface area contributed by atoms with Crippen LogP contribution in [0.4, 0.5) is 5.69 Å². The van der Waals surface area contributed by atoms with E-state index in [9.17, 15) is 14.9 Å². The van der Waals surface area contributed by atoms with E-state index in [2.05, 4.69) is 0 Å². The Morgan fingerprint density at radius 1 is 1.00 bits per heavy atom. The summed E-state index contributed by atoms with van der Waals surface area (Å²) in [5.41, 5.74) is 0.892. The first-order valence-corrected chi connectivity index (χ1v) is 8.87. The van der Waals surface area contributed by atoms with Gasteiger partial charge in [0.2, 0.25) is 0 Å². The zero-order valence-corrected chi connectivity index (χ0v) is 16.1. The van der Waals surface area contributed by atoms with E-state index < -0.39 is 4.92 Å². The fourth-order valence-electron chi connectivity index (χ4n) is 2.79. The molecule has 3 rings (SSSR count). The molecular weight excluding hydrogens is 372 g/mol. The number of hydrogen-bond acceptors (Lipinski definition) is 5. The Labute approximate surface area is 168 Å². The van der Waals surface area contributed by atoms with Crippen molar-refractivity contribution in [1.29, 1.82) is 0 Å². The highest BCUT2D eigenvalue weighted by atomic mass is 16.6. The standard InChI is InChI=1S/C22H20N2O5/c1-23(15-16-6-4-3-5-7-16)22(25)20-14-17(24(26)27)8-13-21(20)29-19-11-9-18(28-2)10-12-19/h3-14H,15H2,1-2H3. The zero-order chi connectivity index (χ0) is 20.8. The van der Waals surface area contributed by atoms with Gasteiger partial charge in [-0.2, -0.15) is 0 Å². The number of ether oxygens (including phenoxy) is 2. The molecular formula is C22H20N2O5. The molecule has 0 aromatic heterocycles. The van der Waals surface area contributed by atoms with Crippen LogP contribution in [-0.2, 0) is 6.54 Å². The maximum absolute atomic E-state index is 13.0. The molecule has 0 aliphatic heterocycles. The number of carbonyl (C=O) groups is 1. The van der Waals surface area contributed by atoms with E-state index in [1.807, 2.05) is 30.3 Å². The van der Waals surface area contributed by atoms with Crippen LogP contribution < -0.4 is 9.47 Å². The molecule has 0 saturated carbocycles. The molecule has 0 aliphatic rings. The molecule has 3 aromatic rings. The Morgan fingerprint density at radius 3 is 2.28 bits per heavy atom. The number of rotatable bonds is 7. The largest absolute Gasteiger partial charge is 0.497 e. The molecule has 1 amide bonds. The first kappa shape index (κ1) is 19.9. The second-order valence-corrected chi connectivity index (χ2v) is 6.36. The van der Waals surface area contributed by atoms with E-state index in [-0.39, 0.29) is 22.9 Å². The molecule has 0 unspecified atom stereocenters. The number of amides is 1. The van der Waals surface area contributed by atoms with Gasteiger partial charge in [0.1, 0.15) is 17.2 Å². The van der Waals surface area contributed by atoms with Crippen molar-refractivity contribution in [2.24, 2.45) is 0 Å². The van der Waals surface area contributed by atoms with E-state index in [0.29, 0.717) is 18.0 Å². The minimum absolute atomic E-state index is 0.119. The molecule has 0 bridgehead atoms. The van der Waals surface area contributed by atoms with Crippen LogP contribution in [0, 0.1) is 10.1 Å². The van der Waals surface area contributed by atoms with Crippen molar-refractivity contribution in [2.75, 3.05) is 14.2 Å². The number of nitro benzene ring substituents is 1. The number of carbonyl (C=O) groups excluding carboxylic acids is 1. The molecule has 0 radical (unpaired) electrons. The highest BCUT2D eigenvalue weighted by molar-refractivity contribution is 5.97. The van der Waals surface area contributed by atoms with E-state index >= 15 is 0 Å². The van der Waals surface area contributed by atoms with Crippen LogP contribution in [0.3, 0.4) is 0 Å². The van der Waals surface area contributed by atoms with E-state index in [4.69, 9.17) is 9.47 Å². The van der Waals surface area contributed by atoms with Gasteiger partial charge in [-0.05, 0) is 35.9 Å². The van der Waals surface area contributed by atoms with Crippen LogP contribution in [0.2, 0.25) is 0 Å². The lowest BCUT2D eigenvalue weighted by atomic mass is 10.1. The third-order valence-corrected chi connectivity index (χ3v) is 4.30. The van der Waals surface area contributed by atoms with E-state index in [1.165, 1.54) is 23.1 Å². The average molecular weight is 392 g/mol. The second kappa shape index (κ2) is 8.88. The Morgan fingerprint density at radius 2 is 1.66 bits per heavy atom. The summed E-state index contributed by atoms with van der Waals surface area (Å²) in [6.07, 6.45) is 0. The van der Waals surface area contributed by atoms with Gasteiger partial charge >= 0.3 is 0 Å². The maximum atomic E-state index is 13.0. The molecule has 0 saturated heterocycles. The molecule has 7 nitrogen and oxygen atoms in total. The summed E-state index contributed by atoms with van der Waals surface area (Å²) in [6, 6.07) is 20.3. The summed E-state index contributed by atoms with van der Waals surface area (Å²) < 4.78 is 11.0. The quantitative estimate of drug-likeness (QED) is 0.431. The van der Waals surface area contributed by atoms with E-state index in [1.54, 1.807) is 38.4 Å². The zero-order valence-electron chi connectivity index (χ0n) is 16.1. The highest BCUT2D eigenvalue weighted by Crippen LogP contribution is 2.30. The fourth-order valence-corrected chi connectivity index (χ4v) is 2.79. The molecule has 0 atom stereocenters.